The van der Waals surface area contributed by atoms with Crippen molar-refractivity contribution in [3.8, 4) is 0 Å². The zero-order valence-electron chi connectivity index (χ0n) is 10.5. The number of hydrogen-bond donors (Lipinski definition) is 0. The summed E-state index contributed by atoms with van der Waals surface area (Å²) in [6.45, 7) is 9.16. The molecule has 2 unspecified atom stereocenters. The van der Waals surface area contributed by atoms with Gasteiger partial charge in [0.2, 0.25) is 0 Å². The highest BCUT2D eigenvalue weighted by molar-refractivity contribution is 8.00. The van der Waals surface area contributed by atoms with Gasteiger partial charge in [-0.05, 0) is 44.9 Å². The molecule has 3 heterocycles. The third-order valence-corrected chi connectivity index (χ3v) is 6.05. The first-order valence-corrected chi connectivity index (χ1v) is 7.84. The molecule has 0 N–H and O–H groups in total. The Morgan fingerprint density at radius 1 is 1.25 bits per heavy atom. The Morgan fingerprint density at radius 2 is 2.19 bits per heavy atom. The van der Waals surface area contributed by atoms with Crippen molar-refractivity contribution in [2.45, 2.75) is 43.4 Å². The number of piperazine rings is 1. The van der Waals surface area contributed by atoms with Crippen molar-refractivity contribution in [2.75, 3.05) is 38.5 Å². The van der Waals surface area contributed by atoms with Crippen LogP contribution in [0.3, 0.4) is 0 Å². The van der Waals surface area contributed by atoms with E-state index in [1.54, 1.807) is 0 Å². The van der Waals surface area contributed by atoms with Crippen LogP contribution in [0.25, 0.3) is 0 Å². The van der Waals surface area contributed by atoms with Gasteiger partial charge >= 0.3 is 0 Å². The van der Waals surface area contributed by atoms with Crippen molar-refractivity contribution >= 4 is 11.8 Å². The maximum Gasteiger partial charge on any atom is 0.0259 e. The summed E-state index contributed by atoms with van der Waals surface area (Å²) < 4.78 is 0.570. The van der Waals surface area contributed by atoms with E-state index >= 15 is 0 Å². The molecule has 0 bridgehead atoms. The molecule has 0 saturated carbocycles. The highest BCUT2D eigenvalue weighted by Gasteiger charge is 2.36. The first-order valence-electron chi connectivity index (χ1n) is 6.86. The quantitative estimate of drug-likeness (QED) is 0.729. The number of thioether (sulfide) groups is 1. The average Bonchev–Trinajstić information content (AvgIpc) is 2.86. The minimum absolute atomic E-state index is 0.570. The zero-order chi connectivity index (χ0) is 11.0. The van der Waals surface area contributed by atoms with Crippen LogP contribution in [0.4, 0.5) is 0 Å². The molecular formula is C13H24N2S. The van der Waals surface area contributed by atoms with Crippen molar-refractivity contribution in [3.05, 3.63) is 0 Å². The van der Waals surface area contributed by atoms with Gasteiger partial charge in [0.05, 0.1) is 0 Å². The van der Waals surface area contributed by atoms with E-state index in [9.17, 15) is 0 Å². The summed E-state index contributed by atoms with van der Waals surface area (Å²) in [6.07, 6.45) is 5.75. The third kappa shape index (κ3) is 2.27. The predicted molar refractivity (Wildman–Crippen MR) is 71.1 cm³/mol. The molecule has 0 aromatic carbocycles. The second kappa shape index (κ2) is 4.51. The molecule has 3 heteroatoms. The molecule has 16 heavy (non-hydrogen) atoms. The molecule has 3 rings (SSSR count). The standard InChI is InChI=1S/C13H24N2S/c1-13(5-3-9-16-13)11-14-7-8-15-6-2-4-12(15)10-14/h12H,2-11H2,1H3. The lowest BCUT2D eigenvalue weighted by Crippen LogP contribution is -2.52. The van der Waals surface area contributed by atoms with Gasteiger partial charge in [-0.2, -0.15) is 11.8 Å². The highest BCUT2D eigenvalue weighted by atomic mass is 32.2. The molecular weight excluding hydrogens is 216 g/mol. The van der Waals surface area contributed by atoms with Gasteiger partial charge in [0.1, 0.15) is 0 Å². The van der Waals surface area contributed by atoms with Crippen LogP contribution in [-0.2, 0) is 0 Å². The molecule has 0 aliphatic carbocycles. The summed E-state index contributed by atoms with van der Waals surface area (Å²) in [5.74, 6) is 1.39. The smallest absolute Gasteiger partial charge is 0.0259 e. The van der Waals surface area contributed by atoms with E-state index < -0.39 is 0 Å². The lowest BCUT2D eigenvalue weighted by molar-refractivity contribution is 0.0976. The van der Waals surface area contributed by atoms with Crippen molar-refractivity contribution in [1.82, 2.24) is 9.80 Å². The molecule has 3 fully saturated rings. The van der Waals surface area contributed by atoms with E-state index in [0.29, 0.717) is 4.75 Å². The van der Waals surface area contributed by atoms with Crippen LogP contribution < -0.4 is 0 Å². The average molecular weight is 240 g/mol. The topological polar surface area (TPSA) is 6.48 Å². The largest absolute Gasteiger partial charge is 0.299 e. The van der Waals surface area contributed by atoms with E-state index in [1.165, 1.54) is 64.2 Å². The van der Waals surface area contributed by atoms with E-state index in [4.69, 9.17) is 0 Å². The van der Waals surface area contributed by atoms with Gasteiger partial charge in [-0.25, -0.2) is 0 Å². The second-order valence-corrected chi connectivity index (χ2v) is 7.65. The van der Waals surface area contributed by atoms with Crippen LogP contribution in [0.5, 0.6) is 0 Å². The van der Waals surface area contributed by atoms with Crippen LogP contribution in [0.15, 0.2) is 0 Å². The molecule has 3 aliphatic heterocycles. The summed E-state index contributed by atoms with van der Waals surface area (Å²) >= 11 is 2.21. The number of rotatable bonds is 2. The van der Waals surface area contributed by atoms with Gasteiger partial charge < -0.3 is 0 Å². The first kappa shape index (κ1) is 11.4. The van der Waals surface area contributed by atoms with Gasteiger partial charge in [0.15, 0.2) is 0 Å². The monoisotopic (exact) mass is 240 g/mol. The Hall–Kier alpha value is 0.270. The van der Waals surface area contributed by atoms with E-state index in [1.807, 2.05) is 0 Å². The van der Waals surface area contributed by atoms with E-state index in [0.717, 1.165) is 6.04 Å². The maximum atomic E-state index is 2.74. The Bertz CT molecular complexity index is 250. The molecule has 2 atom stereocenters. The molecule has 3 saturated heterocycles. The fourth-order valence-electron chi connectivity index (χ4n) is 3.63. The van der Waals surface area contributed by atoms with Crippen molar-refractivity contribution in [3.63, 3.8) is 0 Å². The summed E-state index contributed by atoms with van der Waals surface area (Å²) in [4.78, 5) is 5.45. The van der Waals surface area contributed by atoms with Gasteiger partial charge in [0, 0.05) is 37.0 Å². The van der Waals surface area contributed by atoms with Gasteiger partial charge in [-0.15, -0.1) is 0 Å². The SMILES string of the molecule is CC1(CN2CCN3CCCC3C2)CCCS1. The Balaban J connectivity index is 1.56. The van der Waals surface area contributed by atoms with Crippen LogP contribution >= 0.6 is 11.8 Å². The lowest BCUT2D eigenvalue weighted by atomic mass is 10.0. The van der Waals surface area contributed by atoms with Crippen molar-refractivity contribution < 1.29 is 0 Å². The Morgan fingerprint density at radius 3 is 3.00 bits per heavy atom. The molecule has 92 valence electrons. The van der Waals surface area contributed by atoms with Crippen LogP contribution in [-0.4, -0.2) is 59.1 Å². The lowest BCUT2D eigenvalue weighted by Gasteiger charge is -2.40. The predicted octanol–water partition coefficient (Wildman–Crippen LogP) is 2.05. The molecule has 3 aliphatic rings. The van der Waals surface area contributed by atoms with Gasteiger partial charge in [-0.1, -0.05) is 0 Å². The minimum atomic E-state index is 0.570. The summed E-state index contributed by atoms with van der Waals surface area (Å²) in [5.41, 5.74) is 0. The van der Waals surface area contributed by atoms with Crippen LogP contribution in [0, 0.1) is 0 Å². The van der Waals surface area contributed by atoms with Crippen LogP contribution in [0.1, 0.15) is 32.6 Å². The normalized spacial score (nSPS) is 41.4. The number of hydrogen-bond acceptors (Lipinski definition) is 3. The highest BCUT2D eigenvalue weighted by Crippen LogP contribution is 2.38. The molecule has 0 amide bonds. The van der Waals surface area contributed by atoms with Gasteiger partial charge in [0.25, 0.3) is 0 Å². The van der Waals surface area contributed by atoms with E-state index in [2.05, 4.69) is 28.5 Å². The van der Waals surface area contributed by atoms with Crippen molar-refractivity contribution in [2.24, 2.45) is 0 Å². The van der Waals surface area contributed by atoms with E-state index in [-0.39, 0.29) is 0 Å². The van der Waals surface area contributed by atoms with Gasteiger partial charge in [-0.3, -0.25) is 9.80 Å². The zero-order valence-corrected chi connectivity index (χ0v) is 11.3. The first-order chi connectivity index (χ1) is 7.75. The maximum absolute atomic E-state index is 2.74. The Labute approximate surface area is 104 Å². The number of nitrogens with zero attached hydrogens (tertiary/aromatic N) is 2. The molecule has 0 radical (unpaired) electrons. The molecule has 0 spiro atoms. The fraction of sp³-hybridized carbons (Fsp3) is 1.00. The van der Waals surface area contributed by atoms with Crippen molar-refractivity contribution in [1.29, 1.82) is 0 Å². The Kier molecular flexibility index (Phi) is 3.20. The summed E-state index contributed by atoms with van der Waals surface area (Å²) in [6, 6.07) is 0.892. The minimum Gasteiger partial charge on any atom is -0.299 e. The second-order valence-electron chi connectivity index (χ2n) is 5.97. The third-order valence-electron chi connectivity index (χ3n) is 4.53. The molecule has 0 aromatic heterocycles. The fourth-order valence-corrected chi connectivity index (χ4v) is 4.98. The van der Waals surface area contributed by atoms with Crippen LogP contribution in [0.2, 0.25) is 0 Å². The molecule has 0 aromatic rings. The molecule has 2 nitrogen and oxygen atoms in total. The number of fused-ring (bicyclic) bond motifs is 1. The summed E-state index contributed by atoms with van der Waals surface area (Å²) in [5, 5.41) is 0. The summed E-state index contributed by atoms with van der Waals surface area (Å²) in [7, 11) is 0.